The Hall–Kier alpha value is -2.93. The van der Waals surface area contributed by atoms with Crippen LogP contribution in [0.5, 0.6) is 0 Å². The molecule has 0 saturated carbocycles. The van der Waals surface area contributed by atoms with Crippen molar-refractivity contribution in [2.45, 2.75) is 34.6 Å². The summed E-state index contributed by atoms with van der Waals surface area (Å²) in [5, 5.41) is 0. The van der Waals surface area contributed by atoms with E-state index in [1.807, 2.05) is 68.5 Å². The summed E-state index contributed by atoms with van der Waals surface area (Å²) in [5.74, 6) is 0. The summed E-state index contributed by atoms with van der Waals surface area (Å²) in [7, 11) is 0. The second kappa shape index (κ2) is 15.3. The first-order chi connectivity index (χ1) is 12.9. The fourth-order valence-electron chi connectivity index (χ4n) is 1.74. The summed E-state index contributed by atoms with van der Waals surface area (Å²) in [6, 6.07) is 0. The van der Waals surface area contributed by atoms with E-state index in [9.17, 15) is 4.79 Å². The van der Waals surface area contributed by atoms with Crippen LogP contribution in [0.4, 0.5) is 0 Å². The Kier molecular flexibility index (Phi) is 13.7. The Bertz CT molecular complexity index is 754. The lowest BCUT2D eigenvalue weighted by Gasteiger charge is -1.90. The molecule has 0 aromatic rings. The van der Waals surface area contributed by atoms with Crippen LogP contribution in [0, 0.1) is 0 Å². The topological polar surface area (TPSA) is 17.1 Å². The van der Waals surface area contributed by atoms with Crippen molar-refractivity contribution >= 4 is 6.29 Å². The molecule has 0 spiro atoms. The maximum absolute atomic E-state index is 10.5. The zero-order valence-electron chi connectivity index (χ0n) is 17.3. The first-order valence-electron chi connectivity index (χ1n) is 9.03. The average molecular weight is 361 g/mol. The number of allylic oxidation sites excluding steroid dienone is 19. The van der Waals surface area contributed by atoms with E-state index in [4.69, 9.17) is 0 Å². The van der Waals surface area contributed by atoms with Gasteiger partial charge < -0.3 is 0 Å². The predicted octanol–water partition coefficient (Wildman–Crippen LogP) is 7.33. The predicted molar refractivity (Wildman–Crippen MR) is 122 cm³/mol. The molecule has 1 nitrogen and oxygen atoms in total. The monoisotopic (exact) mass is 360 g/mol. The molecule has 0 amide bonds. The molecule has 0 aliphatic heterocycles. The van der Waals surface area contributed by atoms with Crippen LogP contribution < -0.4 is 0 Å². The lowest BCUT2D eigenvalue weighted by atomic mass is 10.2. The first-order valence-corrected chi connectivity index (χ1v) is 9.03. The SMILES string of the molecule is C=C/C(C)=C/C=C/C(C)=C/C=C/C=C(C)/C=C/C=C(C)/C=C/C=C(\C)C=O. The minimum atomic E-state index is 0.711. The van der Waals surface area contributed by atoms with Gasteiger partial charge in [0.1, 0.15) is 6.29 Å². The summed E-state index contributed by atoms with van der Waals surface area (Å²) in [4.78, 5) is 10.5. The van der Waals surface area contributed by atoms with Crippen molar-refractivity contribution < 1.29 is 4.79 Å². The molecule has 0 bridgehead atoms. The van der Waals surface area contributed by atoms with Gasteiger partial charge in [0.25, 0.3) is 0 Å². The molecule has 0 N–H and O–H groups in total. The van der Waals surface area contributed by atoms with Gasteiger partial charge in [-0.15, -0.1) is 0 Å². The van der Waals surface area contributed by atoms with Crippen LogP contribution in [0.15, 0.2) is 120 Å². The van der Waals surface area contributed by atoms with E-state index >= 15 is 0 Å². The van der Waals surface area contributed by atoms with Gasteiger partial charge in [0.15, 0.2) is 0 Å². The summed E-state index contributed by atoms with van der Waals surface area (Å²) < 4.78 is 0. The standard InChI is InChI=1S/C26H32O/c1-7-22(2)15-10-16-23(3)13-8-9-14-24(4)17-11-18-25(5)19-12-20-26(6)21-27/h7-21H,1H2,2-6H3/b9-8+,16-10+,17-11+,19-12+,22-15+,23-13+,24-14+,25-18+,26-20+. The van der Waals surface area contributed by atoms with Crippen molar-refractivity contribution in [2.24, 2.45) is 0 Å². The van der Waals surface area contributed by atoms with Gasteiger partial charge in [0.05, 0.1) is 0 Å². The fourth-order valence-corrected chi connectivity index (χ4v) is 1.74. The Morgan fingerprint density at radius 1 is 0.519 bits per heavy atom. The third-order valence-electron chi connectivity index (χ3n) is 3.49. The number of carbonyl (C=O) groups excluding carboxylic acids is 1. The molecule has 0 unspecified atom stereocenters. The molecule has 1 heteroatoms. The van der Waals surface area contributed by atoms with Gasteiger partial charge in [0, 0.05) is 0 Å². The van der Waals surface area contributed by atoms with Crippen LogP contribution in [-0.2, 0) is 4.79 Å². The average Bonchev–Trinajstić information content (AvgIpc) is 2.64. The molecular formula is C26H32O. The number of hydrogen-bond acceptors (Lipinski definition) is 1. The quantitative estimate of drug-likeness (QED) is 0.226. The van der Waals surface area contributed by atoms with Crippen molar-refractivity contribution in [1.82, 2.24) is 0 Å². The smallest absolute Gasteiger partial charge is 0.145 e. The Balaban J connectivity index is 4.65. The maximum atomic E-state index is 10.5. The molecule has 142 valence electrons. The second-order valence-corrected chi connectivity index (χ2v) is 6.34. The first kappa shape index (κ1) is 24.1. The maximum Gasteiger partial charge on any atom is 0.145 e. The molecule has 0 atom stereocenters. The van der Waals surface area contributed by atoms with Crippen molar-refractivity contribution in [3.63, 3.8) is 0 Å². The van der Waals surface area contributed by atoms with Gasteiger partial charge in [-0.2, -0.15) is 0 Å². The molecule has 0 fully saturated rings. The Morgan fingerprint density at radius 3 is 1.22 bits per heavy atom. The van der Waals surface area contributed by atoms with Crippen LogP contribution in [0.2, 0.25) is 0 Å². The van der Waals surface area contributed by atoms with E-state index in [1.165, 1.54) is 11.1 Å². The largest absolute Gasteiger partial charge is 0.298 e. The lowest BCUT2D eigenvalue weighted by Crippen LogP contribution is -1.73. The Labute approximate surface area is 165 Å². The van der Waals surface area contributed by atoms with Crippen molar-refractivity contribution in [1.29, 1.82) is 0 Å². The van der Waals surface area contributed by atoms with E-state index in [0.717, 1.165) is 17.4 Å². The number of aldehydes is 1. The second-order valence-electron chi connectivity index (χ2n) is 6.34. The van der Waals surface area contributed by atoms with Crippen LogP contribution in [0.3, 0.4) is 0 Å². The summed E-state index contributed by atoms with van der Waals surface area (Å²) in [6.45, 7) is 13.7. The number of rotatable bonds is 10. The third-order valence-corrected chi connectivity index (χ3v) is 3.49. The fraction of sp³-hybridized carbons (Fsp3) is 0.192. The zero-order chi connectivity index (χ0) is 20.5. The molecule has 0 aliphatic rings. The van der Waals surface area contributed by atoms with Gasteiger partial charge >= 0.3 is 0 Å². The minimum Gasteiger partial charge on any atom is -0.298 e. The molecule has 0 aromatic heterocycles. The van der Waals surface area contributed by atoms with Gasteiger partial charge in [-0.1, -0.05) is 114 Å². The summed E-state index contributed by atoms with van der Waals surface area (Å²) >= 11 is 0. The van der Waals surface area contributed by atoms with E-state index in [0.29, 0.717) is 5.57 Å². The van der Waals surface area contributed by atoms with Crippen LogP contribution in [0.1, 0.15) is 34.6 Å². The van der Waals surface area contributed by atoms with Crippen LogP contribution in [0.25, 0.3) is 0 Å². The molecule has 0 saturated heterocycles. The van der Waals surface area contributed by atoms with Gasteiger partial charge in [0.2, 0.25) is 0 Å². The number of carbonyl (C=O) groups is 1. The lowest BCUT2D eigenvalue weighted by molar-refractivity contribution is -0.104. The highest BCUT2D eigenvalue weighted by Crippen LogP contribution is 2.02. The van der Waals surface area contributed by atoms with E-state index in [1.54, 1.807) is 13.0 Å². The summed E-state index contributed by atoms with van der Waals surface area (Å²) in [6.07, 6.45) is 28.8. The normalized spacial score (nSPS) is 15.7. The molecule has 0 rings (SSSR count). The van der Waals surface area contributed by atoms with Crippen molar-refractivity contribution in [3.8, 4) is 0 Å². The molecule has 0 aliphatic carbocycles. The van der Waals surface area contributed by atoms with Gasteiger partial charge in [-0.05, 0) is 40.2 Å². The molecular weight excluding hydrogens is 328 g/mol. The highest BCUT2D eigenvalue weighted by molar-refractivity contribution is 5.72. The molecule has 27 heavy (non-hydrogen) atoms. The van der Waals surface area contributed by atoms with E-state index in [2.05, 4.69) is 44.7 Å². The van der Waals surface area contributed by atoms with Gasteiger partial charge in [-0.3, -0.25) is 4.79 Å². The van der Waals surface area contributed by atoms with Crippen molar-refractivity contribution in [2.75, 3.05) is 0 Å². The minimum absolute atomic E-state index is 0.711. The highest BCUT2D eigenvalue weighted by atomic mass is 16.1. The number of hydrogen-bond donors (Lipinski definition) is 0. The van der Waals surface area contributed by atoms with Crippen molar-refractivity contribution in [3.05, 3.63) is 120 Å². The highest BCUT2D eigenvalue weighted by Gasteiger charge is 1.82. The Morgan fingerprint density at radius 2 is 0.852 bits per heavy atom. The van der Waals surface area contributed by atoms with Crippen LogP contribution >= 0.6 is 0 Å². The third kappa shape index (κ3) is 15.1. The molecule has 0 radical (unpaired) electrons. The summed E-state index contributed by atoms with van der Waals surface area (Å²) in [5.41, 5.74) is 5.33. The van der Waals surface area contributed by atoms with E-state index in [-0.39, 0.29) is 0 Å². The van der Waals surface area contributed by atoms with Crippen LogP contribution in [-0.4, -0.2) is 6.29 Å². The van der Waals surface area contributed by atoms with Gasteiger partial charge in [-0.25, -0.2) is 0 Å². The molecule has 0 aromatic carbocycles. The van der Waals surface area contributed by atoms with E-state index < -0.39 is 0 Å². The zero-order valence-corrected chi connectivity index (χ0v) is 17.3. The molecule has 0 heterocycles.